The molecule has 0 aliphatic carbocycles. The van der Waals surface area contributed by atoms with Crippen molar-refractivity contribution in [2.45, 2.75) is 58.2 Å². The van der Waals surface area contributed by atoms with Gasteiger partial charge < -0.3 is 19.7 Å². The summed E-state index contributed by atoms with van der Waals surface area (Å²) in [5.41, 5.74) is 2.46. The van der Waals surface area contributed by atoms with Gasteiger partial charge in [0.2, 0.25) is 5.89 Å². The number of nitrogens with zero attached hydrogens (tertiary/aromatic N) is 4. The Morgan fingerprint density at radius 3 is 2.69 bits per heavy atom. The maximum absolute atomic E-state index is 12.6. The monoisotopic (exact) mass is 479 g/mol. The first kappa shape index (κ1) is 24.8. The molecule has 0 spiro atoms. The molecule has 1 aliphatic heterocycles. The van der Waals surface area contributed by atoms with E-state index in [0.29, 0.717) is 11.5 Å². The van der Waals surface area contributed by atoms with Crippen molar-refractivity contribution >= 4 is 5.91 Å². The smallest absolute Gasteiger partial charge is 0.252 e. The molecule has 4 rings (SSSR count). The fourth-order valence-electron chi connectivity index (χ4n) is 4.17. The number of pyridine rings is 1. The number of hydrogen-bond acceptors (Lipinski definition) is 8. The van der Waals surface area contributed by atoms with E-state index in [9.17, 15) is 9.90 Å². The van der Waals surface area contributed by atoms with Gasteiger partial charge in [0.1, 0.15) is 11.9 Å². The Hall–Kier alpha value is -3.30. The van der Waals surface area contributed by atoms with Crippen LogP contribution in [-0.4, -0.2) is 62.4 Å². The number of aromatic nitrogens is 3. The van der Waals surface area contributed by atoms with Crippen LogP contribution in [0, 0.1) is 6.92 Å². The second kappa shape index (κ2) is 10.5. The minimum atomic E-state index is -0.680. The van der Waals surface area contributed by atoms with E-state index in [-0.39, 0.29) is 24.7 Å². The number of aliphatic hydroxyl groups excluding tert-OH is 1. The molecule has 2 aromatic heterocycles. The summed E-state index contributed by atoms with van der Waals surface area (Å²) in [5.74, 6) is 1.18. The molecule has 186 valence electrons. The molecule has 0 saturated carbocycles. The maximum atomic E-state index is 12.6. The van der Waals surface area contributed by atoms with Crippen LogP contribution in [0.3, 0.4) is 0 Å². The van der Waals surface area contributed by atoms with Crippen molar-refractivity contribution in [2.75, 3.05) is 19.7 Å². The van der Waals surface area contributed by atoms with E-state index in [1.807, 2.05) is 31.2 Å². The van der Waals surface area contributed by atoms with Crippen molar-refractivity contribution in [3.63, 3.8) is 0 Å². The second-order valence-corrected chi connectivity index (χ2v) is 9.68. The van der Waals surface area contributed by atoms with E-state index < -0.39 is 5.54 Å². The van der Waals surface area contributed by atoms with Crippen LogP contribution in [0.1, 0.15) is 61.5 Å². The van der Waals surface area contributed by atoms with Gasteiger partial charge in [0.05, 0.1) is 30.1 Å². The molecule has 1 amide bonds. The van der Waals surface area contributed by atoms with Gasteiger partial charge in [0, 0.05) is 24.2 Å². The molecule has 1 aromatic carbocycles. The van der Waals surface area contributed by atoms with E-state index in [1.54, 1.807) is 26.1 Å². The third kappa shape index (κ3) is 5.86. The molecule has 35 heavy (non-hydrogen) atoms. The Balaban J connectivity index is 1.35. The van der Waals surface area contributed by atoms with Gasteiger partial charge in [-0.15, -0.1) is 0 Å². The van der Waals surface area contributed by atoms with Crippen molar-refractivity contribution in [1.29, 1.82) is 0 Å². The fraction of sp³-hybridized carbons (Fsp3) is 0.462. The number of rotatable bonds is 10. The highest BCUT2D eigenvalue weighted by molar-refractivity contribution is 5.96. The van der Waals surface area contributed by atoms with Crippen LogP contribution in [0.15, 0.2) is 47.4 Å². The molecule has 3 aromatic rings. The number of nitrogens with one attached hydrogen (secondary N) is 1. The van der Waals surface area contributed by atoms with Crippen LogP contribution in [0.2, 0.25) is 0 Å². The van der Waals surface area contributed by atoms with Gasteiger partial charge in [-0.25, -0.2) is 0 Å². The predicted molar refractivity (Wildman–Crippen MR) is 131 cm³/mol. The van der Waals surface area contributed by atoms with Gasteiger partial charge >= 0.3 is 0 Å². The summed E-state index contributed by atoms with van der Waals surface area (Å²) in [4.78, 5) is 23.7. The average molecular weight is 480 g/mol. The minimum absolute atomic E-state index is 0.0909. The second-order valence-electron chi connectivity index (χ2n) is 9.68. The Labute approximate surface area is 205 Å². The molecule has 1 fully saturated rings. The van der Waals surface area contributed by atoms with E-state index in [4.69, 9.17) is 9.26 Å². The maximum Gasteiger partial charge on any atom is 0.252 e. The number of likely N-dealkylation sites (tertiary alicyclic amines) is 1. The first-order valence-corrected chi connectivity index (χ1v) is 12.0. The Bertz CT molecular complexity index is 1130. The number of carbonyl (C=O) groups is 1. The molecule has 1 unspecified atom stereocenters. The molecule has 0 radical (unpaired) electrons. The molecule has 9 heteroatoms. The highest BCUT2D eigenvalue weighted by Gasteiger charge is 2.36. The van der Waals surface area contributed by atoms with Gasteiger partial charge in [-0.3, -0.25) is 14.7 Å². The van der Waals surface area contributed by atoms with Crippen LogP contribution >= 0.6 is 0 Å². The largest absolute Gasteiger partial charge is 0.486 e. The Morgan fingerprint density at radius 2 is 2.09 bits per heavy atom. The quantitative estimate of drug-likeness (QED) is 0.454. The number of ether oxygens (including phenoxy) is 1. The number of hydrogen-bond donors (Lipinski definition) is 2. The summed E-state index contributed by atoms with van der Waals surface area (Å²) in [7, 11) is 0. The molecular formula is C26H33N5O4. The molecule has 1 saturated heterocycles. The molecule has 1 aliphatic rings. The number of carbonyl (C=O) groups excluding carboxylic acids is 1. The molecule has 9 nitrogen and oxygen atoms in total. The normalized spacial score (nSPS) is 15.5. The minimum Gasteiger partial charge on any atom is -0.486 e. The summed E-state index contributed by atoms with van der Waals surface area (Å²) in [6, 6.07) is 9.59. The van der Waals surface area contributed by atoms with E-state index in [2.05, 4.69) is 32.3 Å². The molecule has 3 heterocycles. The molecular weight excluding hydrogens is 446 g/mol. The van der Waals surface area contributed by atoms with Crippen molar-refractivity contribution in [1.82, 2.24) is 25.3 Å². The third-order valence-corrected chi connectivity index (χ3v) is 6.20. The van der Waals surface area contributed by atoms with Crippen LogP contribution < -0.4 is 10.1 Å². The summed E-state index contributed by atoms with van der Waals surface area (Å²) in [5, 5.41) is 16.0. The Morgan fingerprint density at radius 1 is 1.29 bits per heavy atom. The zero-order chi connectivity index (χ0) is 25.0. The fourth-order valence-corrected chi connectivity index (χ4v) is 4.17. The molecule has 1 atom stereocenters. The first-order valence-electron chi connectivity index (χ1n) is 12.0. The van der Waals surface area contributed by atoms with Crippen LogP contribution in [-0.2, 0) is 0 Å². The highest BCUT2D eigenvalue weighted by Crippen LogP contribution is 2.30. The van der Waals surface area contributed by atoms with E-state index in [1.165, 1.54) is 6.33 Å². The SMILES string of the molecule is CCCC(c1ncno1)N1CC(Oc2ccc(-c3ccc(C(=O)NC(C)(C)CO)c(C)c3)nc2)C1. The van der Waals surface area contributed by atoms with Crippen molar-refractivity contribution in [2.24, 2.45) is 0 Å². The first-order chi connectivity index (χ1) is 16.8. The topological polar surface area (TPSA) is 114 Å². The van der Waals surface area contributed by atoms with Crippen LogP contribution in [0.5, 0.6) is 5.75 Å². The van der Waals surface area contributed by atoms with Gasteiger partial charge in [0.25, 0.3) is 5.91 Å². The lowest BCUT2D eigenvalue weighted by molar-refractivity contribution is -0.0211. The van der Waals surface area contributed by atoms with Crippen molar-refractivity contribution in [3.8, 4) is 17.0 Å². The van der Waals surface area contributed by atoms with Gasteiger partial charge in [-0.1, -0.05) is 24.6 Å². The van der Waals surface area contributed by atoms with Gasteiger partial charge in [-0.2, -0.15) is 4.98 Å². The van der Waals surface area contributed by atoms with Crippen molar-refractivity contribution in [3.05, 3.63) is 59.9 Å². The zero-order valence-electron chi connectivity index (χ0n) is 20.7. The lowest BCUT2D eigenvalue weighted by Crippen LogP contribution is -2.55. The number of benzene rings is 1. The summed E-state index contributed by atoms with van der Waals surface area (Å²) in [6.45, 7) is 9.05. The summed E-state index contributed by atoms with van der Waals surface area (Å²) in [6.07, 6.45) is 5.27. The zero-order valence-corrected chi connectivity index (χ0v) is 20.7. The lowest BCUT2D eigenvalue weighted by atomic mass is 10.0. The number of amides is 1. The Kier molecular flexibility index (Phi) is 7.47. The van der Waals surface area contributed by atoms with E-state index in [0.717, 1.165) is 48.5 Å². The number of aryl methyl sites for hydroxylation is 1. The predicted octanol–water partition coefficient (Wildman–Crippen LogP) is 3.55. The number of aliphatic hydroxyl groups is 1. The van der Waals surface area contributed by atoms with Gasteiger partial charge in [0.15, 0.2) is 6.33 Å². The summed E-state index contributed by atoms with van der Waals surface area (Å²) >= 11 is 0. The van der Waals surface area contributed by atoms with Crippen LogP contribution in [0.25, 0.3) is 11.3 Å². The standard InChI is InChI=1S/C26H33N5O4/c1-5-6-23(25-28-16-29-35-25)31-13-20(14-31)34-19-8-10-22(27-12-19)18-7-9-21(17(2)11-18)24(33)30-26(3,4)15-32/h7-12,16,20,23,32H,5-6,13-15H2,1-4H3,(H,30,33). The molecule has 0 bridgehead atoms. The third-order valence-electron chi connectivity index (χ3n) is 6.20. The van der Waals surface area contributed by atoms with Crippen molar-refractivity contribution < 1.29 is 19.2 Å². The van der Waals surface area contributed by atoms with Crippen LogP contribution in [0.4, 0.5) is 0 Å². The summed E-state index contributed by atoms with van der Waals surface area (Å²) < 4.78 is 11.4. The highest BCUT2D eigenvalue weighted by atomic mass is 16.5. The lowest BCUT2D eigenvalue weighted by Gasteiger charge is -2.42. The van der Waals surface area contributed by atoms with E-state index >= 15 is 0 Å². The molecule has 2 N–H and O–H groups in total. The van der Waals surface area contributed by atoms with Gasteiger partial charge in [-0.05, 0) is 57.0 Å². The average Bonchev–Trinajstić information content (AvgIpc) is 3.35.